The fourth-order valence-electron chi connectivity index (χ4n) is 1.92. The standard InChI is InChI=1S/C16H20N2OS/c1-11(2)17-16(19)13-6-8-14(9-7-13)18-12(3)15-5-4-10-20-15/h4-12,18H,1-3H3,(H,17,19). The van der Waals surface area contributed by atoms with E-state index in [9.17, 15) is 4.79 Å². The van der Waals surface area contributed by atoms with Crippen LogP contribution in [-0.4, -0.2) is 11.9 Å². The monoisotopic (exact) mass is 288 g/mol. The van der Waals surface area contributed by atoms with Crippen molar-refractivity contribution in [3.05, 3.63) is 52.2 Å². The number of benzene rings is 1. The molecule has 0 bridgehead atoms. The predicted molar refractivity (Wildman–Crippen MR) is 85.4 cm³/mol. The molecule has 1 amide bonds. The first-order valence-corrected chi connectivity index (χ1v) is 7.65. The number of carbonyl (C=O) groups excluding carboxylic acids is 1. The van der Waals surface area contributed by atoms with Crippen LogP contribution in [-0.2, 0) is 0 Å². The fourth-order valence-corrected chi connectivity index (χ4v) is 2.66. The van der Waals surface area contributed by atoms with Crippen molar-refractivity contribution in [3.8, 4) is 0 Å². The lowest BCUT2D eigenvalue weighted by atomic mass is 10.1. The van der Waals surface area contributed by atoms with Gasteiger partial charge in [0.25, 0.3) is 5.91 Å². The van der Waals surface area contributed by atoms with Gasteiger partial charge in [0.05, 0.1) is 6.04 Å². The van der Waals surface area contributed by atoms with Gasteiger partial charge in [-0.05, 0) is 56.5 Å². The van der Waals surface area contributed by atoms with Crippen molar-refractivity contribution in [1.82, 2.24) is 5.32 Å². The summed E-state index contributed by atoms with van der Waals surface area (Å²) in [5, 5.41) is 8.39. The van der Waals surface area contributed by atoms with E-state index >= 15 is 0 Å². The number of amides is 1. The molecule has 0 saturated heterocycles. The fraction of sp³-hybridized carbons (Fsp3) is 0.312. The Morgan fingerprint density at radius 1 is 1.10 bits per heavy atom. The average Bonchev–Trinajstić information content (AvgIpc) is 2.92. The van der Waals surface area contributed by atoms with Gasteiger partial charge >= 0.3 is 0 Å². The highest BCUT2D eigenvalue weighted by atomic mass is 32.1. The van der Waals surface area contributed by atoms with Gasteiger partial charge in [0.2, 0.25) is 0 Å². The van der Waals surface area contributed by atoms with Gasteiger partial charge in [-0.1, -0.05) is 6.07 Å². The maximum atomic E-state index is 11.8. The Bertz CT molecular complexity index is 546. The Morgan fingerprint density at radius 2 is 1.80 bits per heavy atom. The lowest BCUT2D eigenvalue weighted by Crippen LogP contribution is -2.29. The van der Waals surface area contributed by atoms with E-state index in [2.05, 4.69) is 35.1 Å². The van der Waals surface area contributed by atoms with Crippen molar-refractivity contribution in [2.45, 2.75) is 32.9 Å². The second-order valence-electron chi connectivity index (χ2n) is 5.09. The minimum Gasteiger partial charge on any atom is -0.378 e. The van der Waals surface area contributed by atoms with E-state index in [1.54, 1.807) is 11.3 Å². The van der Waals surface area contributed by atoms with E-state index in [4.69, 9.17) is 0 Å². The first kappa shape index (κ1) is 14.6. The Kier molecular flexibility index (Phi) is 4.79. The Labute approximate surface area is 124 Å². The van der Waals surface area contributed by atoms with Crippen LogP contribution in [0.5, 0.6) is 0 Å². The number of carbonyl (C=O) groups is 1. The summed E-state index contributed by atoms with van der Waals surface area (Å²) in [5.74, 6) is -0.0298. The van der Waals surface area contributed by atoms with E-state index in [1.807, 2.05) is 38.1 Å². The smallest absolute Gasteiger partial charge is 0.251 e. The first-order chi connectivity index (χ1) is 9.56. The SMILES string of the molecule is CC(C)NC(=O)c1ccc(NC(C)c2cccs2)cc1. The number of rotatable bonds is 5. The molecule has 0 spiro atoms. The minimum absolute atomic E-state index is 0.0298. The number of hydrogen-bond acceptors (Lipinski definition) is 3. The van der Waals surface area contributed by atoms with Gasteiger partial charge < -0.3 is 10.6 Å². The second-order valence-corrected chi connectivity index (χ2v) is 6.07. The van der Waals surface area contributed by atoms with Gasteiger partial charge in [0.15, 0.2) is 0 Å². The minimum atomic E-state index is -0.0298. The molecule has 0 aliphatic heterocycles. The molecule has 3 nitrogen and oxygen atoms in total. The largest absolute Gasteiger partial charge is 0.378 e. The van der Waals surface area contributed by atoms with Gasteiger partial charge in [0, 0.05) is 22.2 Å². The topological polar surface area (TPSA) is 41.1 Å². The number of hydrogen-bond donors (Lipinski definition) is 2. The van der Waals surface area contributed by atoms with Gasteiger partial charge in [-0.3, -0.25) is 4.79 Å². The quantitative estimate of drug-likeness (QED) is 0.871. The van der Waals surface area contributed by atoms with Crippen LogP contribution in [0.3, 0.4) is 0 Å². The summed E-state index contributed by atoms with van der Waals surface area (Å²) in [5.41, 5.74) is 1.71. The normalized spacial score (nSPS) is 12.2. The first-order valence-electron chi connectivity index (χ1n) is 6.77. The third-order valence-electron chi connectivity index (χ3n) is 2.92. The van der Waals surface area contributed by atoms with Crippen LogP contribution in [0.25, 0.3) is 0 Å². The second kappa shape index (κ2) is 6.57. The Hall–Kier alpha value is -1.81. The third kappa shape index (κ3) is 3.84. The van der Waals surface area contributed by atoms with E-state index in [-0.39, 0.29) is 18.0 Å². The lowest BCUT2D eigenvalue weighted by molar-refractivity contribution is 0.0943. The Morgan fingerprint density at radius 3 is 2.35 bits per heavy atom. The molecule has 1 aromatic carbocycles. The highest BCUT2D eigenvalue weighted by molar-refractivity contribution is 7.10. The number of anilines is 1. The van der Waals surface area contributed by atoms with Crippen LogP contribution in [0.2, 0.25) is 0 Å². The van der Waals surface area contributed by atoms with Crippen molar-refractivity contribution in [3.63, 3.8) is 0 Å². The molecular formula is C16H20N2OS. The van der Waals surface area contributed by atoms with Crippen LogP contribution in [0.1, 0.15) is 42.0 Å². The van der Waals surface area contributed by atoms with Gasteiger partial charge in [0.1, 0.15) is 0 Å². The van der Waals surface area contributed by atoms with Crippen molar-refractivity contribution in [2.24, 2.45) is 0 Å². The molecular weight excluding hydrogens is 268 g/mol. The predicted octanol–water partition coefficient (Wildman–Crippen LogP) is 4.06. The molecule has 0 radical (unpaired) electrons. The van der Waals surface area contributed by atoms with Crippen molar-refractivity contribution >= 4 is 22.9 Å². The zero-order valence-electron chi connectivity index (χ0n) is 12.0. The highest BCUT2D eigenvalue weighted by Gasteiger charge is 2.08. The average molecular weight is 288 g/mol. The molecule has 20 heavy (non-hydrogen) atoms. The molecule has 1 unspecified atom stereocenters. The summed E-state index contributed by atoms with van der Waals surface area (Å²) in [4.78, 5) is 13.1. The molecule has 0 fully saturated rings. The molecule has 0 aliphatic rings. The molecule has 2 aromatic rings. The van der Waals surface area contributed by atoms with Crippen LogP contribution in [0.15, 0.2) is 41.8 Å². The molecule has 1 aromatic heterocycles. The van der Waals surface area contributed by atoms with Crippen LogP contribution in [0, 0.1) is 0 Å². The molecule has 2 rings (SSSR count). The zero-order chi connectivity index (χ0) is 14.5. The molecule has 106 valence electrons. The maximum absolute atomic E-state index is 11.8. The van der Waals surface area contributed by atoms with E-state index < -0.39 is 0 Å². The van der Waals surface area contributed by atoms with E-state index in [1.165, 1.54) is 4.88 Å². The molecule has 1 atom stereocenters. The van der Waals surface area contributed by atoms with Crippen LogP contribution < -0.4 is 10.6 Å². The summed E-state index contributed by atoms with van der Waals surface area (Å²) in [6, 6.07) is 12.2. The molecule has 2 N–H and O–H groups in total. The summed E-state index contributed by atoms with van der Waals surface area (Å²) in [6.07, 6.45) is 0. The van der Waals surface area contributed by atoms with E-state index in [0.717, 1.165) is 5.69 Å². The Balaban J connectivity index is 1.99. The third-order valence-corrected chi connectivity index (χ3v) is 3.98. The lowest BCUT2D eigenvalue weighted by Gasteiger charge is -2.14. The van der Waals surface area contributed by atoms with Crippen LogP contribution >= 0.6 is 11.3 Å². The molecule has 0 saturated carbocycles. The number of thiophene rings is 1. The van der Waals surface area contributed by atoms with Crippen molar-refractivity contribution in [1.29, 1.82) is 0 Å². The summed E-state index contributed by atoms with van der Waals surface area (Å²) in [6.45, 7) is 6.04. The van der Waals surface area contributed by atoms with Crippen molar-refractivity contribution < 1.29 is 4.79 Å². The zero-order valence-corrected chi connectivity index (χ0v) is 12.8. The number of nitrogens with one attached hydrogen (secondary N) is 2. The van der Waals surface area contributed by atoms with Gasteiger partial charge in [-0.15, -0.1) is 11.3 Å². The maximum Gasteiger partial charge on any atom is 0.251 e. The van der Waals surface area contributed by atoms with Crippen molar-refractivity contribution in [2.75, 3.05) is 5.32 Å². The van der Waals surface area contributed by atoms with Crippen LogP contribution in [0.4, 0.5) is 5.69 Å². The molecule has 0 aliphatic carbocycles. The summed E-state index contributed by atoms with van der Waals surface area (Å²) >= 11 is 1.74. The van der Waals surface area contributed by atoms with Gasteiger partial charge in [-0.2, -0.15) is 0 Å². The summed E-state index contributed by atoms with van der Waals surface area (Å²) < 4.78 is 0. The highest BCUT2D eigenvalue weighted by Crippen LogP contribution is 2.23. The molecule has 4 heteroatoms. The van der Waals surface area contributed by atoms with E-state index in [0.29, 0.717) is 5.56 Å². The molecule has 1 heterocycles. The summed E-state index contributed by atoms with van der Waals surface area (Å²) in [7, 11) is 0. The van der Waals surface area contributed by atoms with Gasteiger partial charge in [-0.25, -0.2) is 0 Å².